The van der Waals surface area contributed by atoms with Crippen LogP contribution in [0.15, 0.2) is 12.0 Å². The number of unbranched alkanes of at least 4 members (excludes halogenated alkanes) is 24. The Balaban J connectivity index is 4.50. The quantitative estimate of drug-likeness (QED) is 0.0267. The number of nitrogens with one attached hydrogen (secondary N) is 2. The third-order valence-electron chi connectivity index (χ3n) is 11.2. The summed E-state index contributed by atoms with van der Waals surface area (Å²) in [7, 11) is 1.68. The molecule has 0 unspecified atom stereocenters. The first-order chi connectivity index (χ1) is 28.4. The highest BCUT2D eigenvalue weighted by atomic mass is 16.6. The number of rotatable bonds is 46. The van der Waals surface area contributed by atoms with Gasteiger partial charge in [-0.2, -0.15) is 0 Å². The predicted octanol–water partition coefficient (Wildman–Crippen LogP) is 13.0. The van der Waals surface area contributed by atoms with E-state index in [4.69, 9.17) is 9.47 Å². The predicted molar refractivity (Wildman–Crippen MR) is 243 cm³/mol. The molecule has 0 aliphatic carbocycles. The Labute approximate surface area is 357 Å². The molecule has 0 fully saturated rings. The SMILES string of the molecule is CCCCCCCCCCCOC(=O)CCCCCN(CCCCCCCC(=O)OC(CCCCCCCC)CCCCCCCC)CCCNC(=C[N+](=O)[O-])NC. The van der Waals surface area contributed by atoms with E-state index in [-0.39, 0.29) is 18.0 Å². The van der Waals surface area contributed by atoms with Crippen molar-refractivity contribution in [1.82, 2.24) is 15.5 Å². The minimum atomic E-state index is -0.452. The van der Waals surface area contributed by atoms with Gasteiger partial charge < -0.3 is 25.0 Å². The van der Waals surface area contributed by atoms with Crippen molar-refractivity contribution < 1.29 is 24.0 Å². The van der Waals surface area contributed by atoms with Gasteiger partial charge in [0.05, 0.1) is 11.5 Å². The summed E-state index contributed by atoms with van der Waals surface area (Å²) < 4.78 is 11.5. The summed E-state index contributed by atoms with van der Waals surface area (Å²) in [4.78, 5) is 38.0. The van der Waals surface area contributed by atoms with Gasteiger partial charge in [-0.1, -0.05) is 162 Å². The molecule has 0 radical (unpaired) electrons. The standard InChI is InChI=1S/C48H94N4O6/c1-5-8-11-14-17-18-19-25-33-43-57-47(53)37-30-26-32-41-51(42-34-39-50-46(49-4)44-52(55)56)40-31-24-20-23-29-38-48(54)58-45(35-27-21-15-12-9-6-2)36-28-22-16-13-10-7-3/h44-45,49-50H,5-43H2,1-4H3. The van der Waals surface area contributed by atoms with Gasteiger partial charge in [-0.15, -0.1) is 0 Å². The molecule has 0 aromatic heterocycles. The molecule has 0 rings (SSSR count). The summed E-state index contributed by atoms with van der Waals surface area (Å²) >= 11 is 0. The molecule has 0 saturated carbocycles. The molecule has 0 atom stereocenters. The molecule has 0 aliphatic heterocycles. The van der Waals surface area contributed by atoms with Gasteiger partial charge in [0.2, 0.25) is 0 Å². The Bertz CT molecular complexity index is 948. The normalized spacial score (nSPS) is 11.7. The lowest BCUT2D eigenvalue weighted by Gasteiger charge is -2.22. The minimum Gasteiger partial charge on any atom is -0.466 e. The van der Waals surface area contributed by atoms with Crippen molar-refractivity contribution in [3.05, 3.63) is 22.1 Å². The average Bonchev–Trinajstić information content (AvgIpc) is 3.21. The van der Waals surface area contributed by atoms with Crippen LogP contribution < -0.4 is 10.6 Å². The highest BCUT2D eigenvalue weighted by molar-refractivity contribution is 5.69. The van der Waals surface area contributed by atoms with Crippen LogP contribution in [0.1, 0.15) is 239 Å². The highest BCUT2D eigenvalue weighted by Gasteiger charge is 2.14. The fraction of sp³-hybridized carbons (Fsp3) is 0.917. The number of esters is 2. The molecule has 0 aliphatic rings. The van der Waals surface area contributed by atoms with Crippen molar-refractivity contribution in [2.24, 2.45) is 0 Å². The van der Waals surface area contributed by atoms with Gasteiger partial charge in [0.15, 0.2) is 5.82 Å². The molecule has 0 aromatic rings. The van der Waals surface area contributed by atoms with Crippen LogP contribution in [0, 0.1) is 10.1 Å². The molecular weight excluding hydrogens is 729 g/mol. The summed E-state index contributed by atoms with van der Waals surface area (Å²) in [5.41, 5.74) is 0. The van der Waals surface area contributed by atoms with E-state index < -0.39 is 4.92 Å². The summed E-state index contributed by atoms with van der Waals surface area (Å²) in [5, 5.41) is 16.8. The maximum Gasteiger partial charge on any atom is 0.306 e. The maximum absolute atomic E-state index is 12.8. The van der Waals surface area contributed by atoms with Crippen LogP contribution in [0.5, 0.6) is 0 Å². The van der Waals surface area contributed by atoms with Gasteiger partial charge in [0, 0.05) is 26.4 Å². The molecule has 0 aromatic carbocycles. The van der Waals surface area contributed by atoms with Crippen molar-refractivity contribution in [1.29, 1.82) is 0 Å². The molecule has 0 bridgehead atoms. The van der Waals surface area contributed by atoms with Gasteiger partial charge in [0.1, 0.15) is 6.10 Å². The third kappa shape index (κ3) is 40.4. The molecule has 10 nitrogen and oxygen atoms in total. The number of nitrogens with zero attached hydrogens (tertiary/aromatic N) is 2. The Kier molecular flexibility index (Phi) is 42.4. The van der Waals surface area contributed by atoms with E-state index in [1.165, 1.54) is 109 Å². The van der Waals surface area contributed by atoms with E-state index in [0.29, 0.717) is 31.8 Å². The lowest BCUT2D eigenvalue weighted by atomic mass is 10.0. The molecular formula is C48H94N4O6. The van der Waals surface area contributed by atoms with E-state index >= 15 is 0 Å². The molecule has 0 heterocycles. The Hall–Kier alpha value is -2.36. The summed E-state index contributed by atoms with van der Waals surface area (Å²) in [6, 6.07) is 0. The van der Waals surface area contributed by atoms with Gasteiger partial charge in [-0.25, -0.2) is 0 Å². The van der Waals surface area contributed by atoms with Gasteiger partial charge in [-0.3, -0.25) is 19.7 Å². The number of nitro groups is 1. The molecule has 58 heavy (non-hydrogen) atoms. The van der Waals surface area contributed by atoms with E-state index in [0.717, 1.165) is 122 Å². The Morgan fingerprint density at radius 3 is 1.48 bits per heavy atom. The summed E-state index contributed by atoms with van der Waals surface area (Å²) in [6.07, 6.45) is 39.6. The van der Waals surface area contributed by atoms with E-state index in [1.54, 1.807) is 7.05 Å². The van der Waals surface area contributed by atoms with Crippen molar-refractivity contribution in [2.45, 2.75) is 245 Å². The zero-order chi connectivity index (χ0) is 42.6. The molecule has 342 valence electrons. The average molecular weight is 823 g/mol. The number of ether oxygens (including phenoxy) is 2. The summed E-state index contributed by atoms with van der Waals surface area (Å²) in [5.74, 6) is 0.333. The maximum atomic E-state index is 12.8. The lowest BCUT2D eigenvalue weighted by Crippen LogP contribution is -2.31. The van der Waals surface area contributed by atoms with Crippen LogP contribution in [0.2, 0.25) is 0 Å². The van der Waals surface area contributed by atoms with Crippen LogP contribution in [-0.4, -0.2) is 67.7 Å². The van der Waals surface area contributed by atoms with Crippen LogP contribution >= 0.6 is 0 Å². The molecule has 10 heteroatoms. The zero-order valence-electron chi connectivity index (χ0n) is 38.6. The number of hydrogen-bond donors (Lipinski definition) is 2. The summed E-state index contributed by atoms with van der Waals surface area (Å²) in [6.45, 7) is 10.8. The van der Waals surface area contributed by atoms with E-state index in [9.17, 15) is 19.7 Å². The van der Waals surface area contributed by atoms with Crippen LogP contribution in [-0.2, 0) is 19.1 Å². The molecule has 2 N–H and O–H groups in total. The first-order valence-corrected chi connectivity index (χ1v) is 24.7. The van der Waals surface area contributed by atoms with Gasteiger partial charge >= 0.3 is 11.9 Å². The number of carbonyl (C=O) groups excluding carboxylic acids is 2. The Morgan fingerprint density at radius 2 is 0.983 bits per heavy atom. The van der Waals surface area contributed by atoms with Crippen LogP contribution in [0.3, 0.4) is 0 Å². The van der Waals surface area contributed by atoms with Crippen molar-refractivity contribution >= 4 is 11.9 Å². The largest absolute Gasteiger partial charge is 0.466 e. The Morgan fingerprint density at radius 1 is 0.569 bits per heavy atom. The monoisotopic (exact) mass is 823 g/mol. The van der Waals surface area contributed by atoms with E-state index in [2.05, 4.69) is 36.3 Å². The van der Waals surface area contributed by atoms with Crippen LogP contribution in [0.25, 0.3) is 0 Å². The topological polar surface area (TPSA) is 123 Å². The number of carbonyl (C=O) groups is 2. The van der Waals surface area contributed by atoms with Crippen molar-refractivity contribution in [3.8, 4) is 0 Å². The molecule has 0 amide bonds. The minimum absolute atomic E-state index is 0.0108. The van der Waals surface area contributed by atoms with Gasteiger partial charge in [0.25, 0.3) is 6.20 Å². The lowest BCUT2D eigenvalue weighted by molar-refractivity contribution is -0.404. The second-order valence-electron chi connectivity index (χ2n) is 16.8. The molecule has 0 spiro atoms. The molecule has 0 saturated heterocycles. The van der Waals surface area contributed by atoms with E-state index in [1.807, 2.05) is 0 Å². The first kappa shape index (κ1) is 55.6. The van der Waals surface area contributed by atoms with Crippen LogP contribution in [0.4, 0.5) is 0 Å². The third-order valence-corrected chi connectivity index (χ3v) is 11.2. The fourth-order valence-corrected chi connectivity index (χ4v) is 7.56. The fourth-order valence-electron chi connectivity index (χ4n) is 7.56. The number of hydrogen-bond acceptors (Lipinski definition) is 9. The van der Waals surface area contributed by atoms with Crippen molar-refractivity contribution in [3.63, 3.8) is 0 Å². The smallest absolute Gasteiger partial charge is 0.306 e. The first-order valence-electron chi connectivity index (χ1n) is 24.7. The second kappa shape index (κ2) is 44.2. The van der Waals surface area contributed by atoms with Crippen molar-refractivity contribution in [2.75, 3.05) is 39.8 Å². The second-order valence-corrected chi connectivity index (χ2v) is 16.8. The zero-order valence-corrected chi connectivity index (χ0v) is 38.6. The highest BCUT2D eigenvalue weighted by Crippen LogP contribution is 2.19. The van der Waals surface area contributed by atoms with Gasteiger partial charge in [-0.05, 0) is 83.8 Å².